The number of rotatable bonds is 3. The molecule has 1 aromatic carbocycles. The lowest BCUT2D eigenvalue weighted by Crippen LogP contribution is -2.33. The summed E-state index contributed by atoms with van der Waals surface area (Å²) >= 11 is 0. The van der Waals surface area contributed by atoms with E-state index in [1.807, 2.05) is 51.2 Å². The van der Waals surface area contributed by atoms with E-state index in [0.29, 0.717) is 6.54 Å². The van der Waals surface area contributed by atoms with Gasteiger partial charge in [-0.2, -0.15) is 0 Å². The lowest BCUT2D eigenvalue weighted by atomic mass is 10.0. The number of fused-ring (bicyclic) bond motifs is 1. The molecule has 0 saturated heterocycles. The van der Waals surface area contributed by atoms with Gasteiger partial charge in [0.15, 0.2) is 0 Å². The number of ether oxygens (including phenoxy) is 1. The van der Waals surface area contributed by atoms with Gasteiger partial charge in [0.2, 0.25) is 0 Å². The molecule has 1 radical (unpaired) electrons. The summed E-state index contributed by atoms with van der Waals surface area (Å²) in [6, 6.07) is 8.00. The zero-order chi connectivity index (χ0) is 13.9. The van der Waals surface area contributed by atoms with Gasteiger partial charge in [-0.3, -0.25) is 5.32 Å². The van der Waals surface area contributed by atoms with Gasteiger partial charge in [0, 0.05) is 18.3 Å². The molecule has 101 valence electrons. The van der Waals surface area contributed by atoms with Crippen LogP contribution >= 0.6 is 0 Å². The Kier molecular flexibility index (Phi) is 3.79. The number of nitrogens with zero attached hydrogens (tertiary/aromatic N) is 1. The van der Waals surface area contributed by atoms with E-state index < -0.39 is 5.60 Å². The largest absolute Gasteiger partial charge is 0.444 e. The molecule has 1 N–H and O–H groups in total. The second-order valence-electron chi connectivity index (χ2n) is 5.48. The Morgan fingerprint density at radius 1 is 1.32 bits per heavy atom. The normalized spacial score (nSPS) is 13.3. The molecule has 0 spiro atoms. The fraction of sp³-hybridized carbons (Fsp3) is 0.400. The van der Waals surface area contributed by atoms with Crippen molar-refractivity contribution >= 4 is 17.4 Å². The van der Waals surface area contributed by atoms with Gasteiger partial charge in [-0.1, -0.05) is 18.2 Å². The molecule has 4 nitrogen and oxygen atoms in total. The van der Waals surface area contributed by atoms with Crippen LogP contribution in [0, 0.1) is 0 Å². The molecule has 0 aliphatic carbocycles. The quantitative estimate of drug-likeness (QED) is 0.906. The molecule has 0 unspecified atom stereocenters. The van der Waals surface area contributed by atoms with Crippen molar-refractivity contribution in [1.29, 1.82) is 0 Å². The Hall–Kier alpha value is -1.97. The van der Waals surface area contributed by atoms with Crippen molar-refractivity contribution in [2.24, 2.45) is 0 Å². The van der Waals surface area contributed by atoms with Crippen molar-refractivity contribution in [3.05, 3.63) is 36.0 Å². The van der Waals surface area contributed by atoms with Crippen LogP contribution in [0.1, 0.15) is 32.8 Å². The Morgan fingerprint density at radius 2 is 2.05 bits per heavy atom. The fourth-order valence-electron chi connectivity index (χ4n) is 1.89. The Balaban J connectivity index is 1.80. The van der Waals surface area contributed by atoms with Gasteiger partial charge < -0.3 is 10.1 Å². The molecule has 0 saturated carbocycles. The predicted molar refractivity (Wildman–Crippen MR) is 75.1 cm³/mol. The second kappa shape index (κ2) is 5.34. The molecule has 19 heavy (non-hydrogen) atoms. The van der Waals surface area contributed by atoms with Crippen LogP contribution in [-0.4, -0.2) is 18.2 Å². The minimum atomic E-state index is -0.460. The molecule has 1 amide bonds. The zero-order valence-corrected chi connectivity index (χ0v) is 11.6. The van der Waals surface area contributed by atoms with Gasteiger partial charge in [0.25, 0.3) is 0 Å². The topological polar surface area (TPSA) is 52.4 Å². The van der Waals surface area contributed by atoms with Gasteiger partial charge in [0.1, 0.15) is 5.60 Å². The number of alkyl carbamates (subject to hydrolysis) is 1. The van der Waals surface area contributed by atoms with Crippen LogP contribution in [0.3, 0.4) is 0 Å². The molecule has 2 rings (SSSR count). The molecule has 1 aliphatic heterocycles. The van der Waals surface area contributed by atoms with Crippen molar-refractivity contribution in [2.75, 3.05) is 6.54 Å². The maximum atomic E-state index is 11.5. The number of carbonyl (C=O) groups is 1. The summed E-state index contributed by atoms with van der Waals surface area (Å²) < 4.78 is 5.18. The zero-order valence-electron chi connectivity index (χ0n) is 11.6. The summed E-state index contributed by atoms with van der Waals surface area (Å²) in [6.07, 6.45) is 2.23. The van der Waals surface area contributed by atoms with E-state index in [1.165, 1.54) is 0 Å². The van der Waals surface area contributed by atoms with Crippen LogP contribution in [-0.2, 0) is 4.74 Å². The van der Waals surface area contributed by atoms with Crippen molar-refractivity contribution in [1.82, 2.24) is 10.6 Å². The average Bonchev–Trinajstić information content (AvgIpc) is 2.70. The summed E-state index contributed by atoms with van der Waals surface area (Å²) in [7, 11) is 0. The first kappa shape index (κ1) is 13.5. The maximum Gasteiger partial charge on any atom is 0.407 e. The highest BCUT2D eigenvalue weighted by Crippen LogP contribution is 2.31. The summed E-state index contributed by atoms with van der Waals surface area (Å²) in [5.41, 5.74) is 2.83. The van der Waals surface area contributed by atoms with E-state index in [0.717, 1.165) is 23.2 Å². The van der Waals surface area contributed by atoms with Gasteiger partial charge in [-0.05, 0) is 38.8 Å². The Bertz CT molecular complexity index is 501. The molecule has 1 heterocycles. The van der Waals surface area contributed by atoms with Crippen LogP contribution in [0.2, 0.25) is 0 Å². The van der Waals surface area contributed by atoms with Gasteiger partial charge in [-0.15, -0.1) is 0 Å². The fourth-order valence-corrected chi connectivity index (χ4v) is 1.89. The number of carbonyl (C=O) groups excluding carboxylic acids is 1. The van der Waals surface area contributed by atoms with E-state index in [-0.39, 0.29) is 6.09 Å². The lowest BCUT2D eigenvalue weighted by Gasteiger charge is -2.19. The maximum absolute atomic E-state index is 11.5. The van der Waals surface area contributed by atoms with E-state index in [1.54, 1.807) is 0 Å². The van der Waals surface area contributed by atoms with Gasteiger partial charge in [-0.25, -0.2) is 4.79 Å². The molecule has 0 aromatic heterocycles. The molecule has 4 heteroatoms. The molecule has 1 aromatic rings. The molecular formula is C15H19N2O2. The minimum absolute atomic E-state index is 0.378. The first-order valence-corrected chi connectivity index (χ1v) is 6.42. The number of hydrogen-bond donors (Lipinski definition) is 1. The van der Waals surface area contributed by atoms with Crippen LogP contribution in [0.4, 0.5) is 10.5 Å². The number of para-hydroxylation sites is 1. The molecule has 0 atom stereocenters. The molecule has 0 fully saturated rings. The summed E-state index contributed by atoms with van der Waals surface area (Å²) in [5.74, 6) is 0. The molecule has 0 bridgehead atoms. The first-order valence-electron chi connectivity index (χ1n) is 6.42. The van der Waals surface area contributed by atoms with Crippen LogP contribution in [0.15, 0.2) is 30.5 Å². The highest BCUT2D eigenvalue weighted by atomic mass is 16.6. The third-order valence-electron chi connectivity index (χ3n) is 2.67. The standard InChI is InChI=1S/C15H19N2O2/c1-15(2,3)19-14(18)16-9-8-11-10-17-13-7-5-4-6-12(11)13/h4-7,10H,8-9H2,1-3H3,(H,16,18). The Morgan fingerprint density at radius 3 is 2.79 bits per heavy atom. The lowest BCUT2D eigenvalue weighted by molar-refractivity contribution is 0.0529. The van der Waals surface area contributed by atoms with Crippen molar-refractivity contribution in [3.8, 4) is 0 Å². The van der Waals surface area contributed by atoms with E-state index in [9.17, 15) is 4.79 Å². The van der Waals surface area contributed by atoms with Crippen LogP contribution < -0.4 is 10.6 Å². The van der Waals surface area contributed by atoms with E-state index >= 15 is 0 Å². The van der Waals surface area contributed by atoms with Gasteiger partial charge in [0.05, 0.1) is 5.69 Å². The number of hydrogen-bond acceptors (Lipinski definition) is 2. The number of nitrogens with one attached hydrogen (secondary N) is 1. The molecular weight excluding hydrogens is 240 g/mol. The smallest absolute Gasteiger partial charge is 0.407 e. The van der Waals surface area contributed by atoms with Gasteiger partial charge >= 0.3 is 6.09 Å². The predicted octanol–water partition coefficient (Wildman–Crippen LogP) is 3.19. The summed E-state index contributed by atoms with van der Waals surface area (Å²) in [6.45, 7) is 6.09. The highest BCUT2D eigenvalue weighted by molar-refractivity contribution is 5.79. The van der Waals surface area contributed by atoms with Crippen LogP contribution in [0.5, 0.6) is 0 Å². The number of amides is 1. The van der Waals surface area contributed by atoms with Crippen LogP contribution in [0.25, 0.3) is 5.57 Å². The summed E-state index contributed by atoms with van der Waals surface area (Å²) in [4.78, 5) is 11.5. The average molecular weight is 259 g/mol. The monoisotopic (exact) mass is 259 g/mol. The van der Waals surface area contributed by atoms with Crippen molar-refractivity contribution < 1.29 is 9.53 Å². The van der Waals surface area contributed by atoms with Crippen molar-refractivity contribution in [2.45, 2.75) is 32.8 Å². The third-order valence-corrected chi connectivity index (χ3v) is 2.67. The molecule has 1 aliphatic rings. The SMILES string of the molecule is CC(C)(C)OC(=O)NCCC1=C[N]c2ccccc21. The first-order chi connectivity index (χ1) is 8.96. The Labute approximate surface area is 113 Å². The second-order valence-corrected chi connectivity index (χ2v) is 5.48. The van der Waals surface area contributed by atoms with E-state index in [2.05, 4.69) is 10.6 Å². The summed E-state index contributed by atoms with van der Waals surface area (Å²) in [5, 5.41) is 7.09. The highest BCUT2D eigenvalue weighted by Gasteiger charge is 2.17. The van der Waals surface area contributed by atoms with E-state index in [4.69, 9.17) is 4.74 Å². The number of benzene rings is 1. The minimum Gasteiger partial charge on any atom is -0.444 e. The third kappa shape index (κ3) is 3.74. The van der Waals surface area contributed by atoms with Crippen molar-refractivity contribution in [3.63, 3.8) is 0 Å².